The van der Waals surface area contributed by atoms with Gasteiger partial charge in [-0.3, -0.25) is 0 Å². The fourth-order valence-corrected chi connectivity index (χ4v) is 7.83. The summed E-state index contributed by atoms with van der Waals surface area (Å²) < 4.78 is 24.4. The molecule has 6 atom stereocenters. The Hall–Kier alpha value is -0.0900. The molecule has 3 rings (SSSR count). The van der Waals surface area contributed by atoms with E-state index >= 15 is 0 Å². The molecule has 16 heavy (non-hydrogen) atoms. The lowest BCUT2D eigenvalue weighted by atomic mass is 9.24. The zero-order valence-corrected chi connectivity index (χ0v) is 10.9. The highest BCUT2D eigenvalue weighted by Crippen LogP contribution is 2.82. The third-order valence-corrected chi connectivity index (χ3v) is 8.14. The summed E-state index contributed by atoms with van der Waals surface area (Å²) in [6, 6.07) is 0. The average molecular weight is 244 g/mol. The third kappa shape index (κ3) is 0.860. The van der Waals surface area contributed by atoms with Gasteiger partial charge in [0.1, 0.15) is 0 Å². The van der Waals surface area contributed by atoms with Crippen LogP contribution >= 0.6 is 0 Å². The Morgan fingerprint density at radius 2 is 2.06 bits per heavy atom. The first kappa shape index (κ1) is 11.0. The van der Waals surface area contributed by atoms with Crippen LogP contribution in [-0.4, -0.2) is 30.1 Å². The van der Waals surface area contributed by atoms with Crippen molar-refractivity contribution in [2.24, 2.45) is 23.2 Å². The Morgan fingerprint density at radius 3 is 2.56 bits per heavy atom. The van der Waals surface area contributed by atoms with Gasteiger partial charge in [-0.05, 0) is 36.0 Å². The van der Waals surface area contributed by atoms with Crippen LogP contribution in [0.1, 0.15) is 33.6 Å². The molecule has 6 unspecified atom stereocenters. The van der Waals surface area contributed by atoms with E-state index in [4.69, 9.17) is 0 Å². The fraction of sp³-hybridized carbons (Fsp3) is 1.00. The molecule has 3 saturated carbocycles. The fourth-order valence-electron chi connectivity index (χ4n) is 5.09. The van der Waals surface area contributed by atoms with Crippen molar-refractivity contribution >= 4 is 9.84 Å². The van der Waals surface area contributed by atoms with Gasteiger partial charge in [0.2, 0.25) is 0 Å². The van der Waals surface area contributed by atoms with Crippen molar-refractivity contribution in [2.45, 2.75) is 44.5 Å². The van der Waals surface area contributed by atoms with Crippen molar-refractivity contribution in [1.29, 1.82) is 0 Å². The Kier molecular flexibility index (Phi) is 1.84. The first-order chi connectivity index (χ1) is 7.29. The molecule has 4 heteroatoms. The first-order valence-corrected chi connectivity index (χ1v) is 7.94. The van der Waals surface area contributed by atoms with Crippen LogP contribution in [0.25, 0.3) is 0 Å². The second-order valence-electron chi connectivity index (χ2n) is 6.31. The number of rotatable bonds is 3. The van der Waals surface area contributed by atoms with Crippen molar-refractivity contribution in [3.8, 4) is 0 Å². The van der Waals surface area contributed by atoms with Crippen LogP contribution in [0.2, 0.25) is 0 Å². The van der Waals surface area contributed by atoms with Crippen molar-refractivity contribution in [3.63, 3.8) is 0 Å². The van der Waals surface area contributed by atoms with Crippen molar-refractivity contribution in [2.75, 3.05) is 5.75 Å². The number of sulfone groups is 1. The van der Waals surface area contributed by atoms with E-state index in [0.717, 1.165) is 0 Å². The van der Waals surface area contributed by atoms with E-state index in [0.29, 0.717) is 18.6 Å². The lowest BCUT2D eigenvalue weighted by Gasteiger charge is -2.84. The predicted molar refractivity (Wildman–Crippen MR) is 61.7 cm³/mol. The van der Waals surface area contributed by atoms with Gasteiger partial charge < -0.3 is 5.11 Å². The molecule has 0 amide bonds. The van der Waals surface area contributed by atoms with Crippen LogP contribution in [0.15, 0.2) is 0 Å². The van der Waals surface area contributed by atoms with Gasteiger partial charge >= 0.3 is 0 Å². The normalized spacial score (nSPS) is 58.0. The number of hydrogen-bond acceptors (Lipinski definition) is 3. The molecule has 3 aliphatic carbocycles. The number of hydrogen-bond donors (Lipinski definition) is 1. The monoisotopic (exact) mass is 244 g/mol. The van der Waals surface area contributed by atoms with E-state index in [1.165, 1.54) is 0 Å². The lowest BCUT2D eigenvalue weighted by molar-refractivity contribution is -0.389. The maximum atomic E-state index is 12.2. The third-order valence-electron chi connectivity index (χ3n) is 5.54. The summed E-state index contributed by atoms with van der Waals surface area (Å²) in [6.07, 6.45) is 1.39. The van der Waals surface area contributed by atoms with E-state index in [-0.39, 0.29) is 28.4 Å². The highest BCUT2D eigenvalue weighted by molar-refractivity contribution is 7.92. The second-order valence-corrected chi connectivity index (χ2v) is 8.55. The van der Waals surface area contributed by atoms with Gasteiger partial charge in [-0.25, -0.2) is 8.42 Å². The smallest absolute Gasteiger partial charge is 0.154 e. The van der Waals surface area contributed by atoms with Gasteiger partial charge in [-0.1, -0.05) is 20.8 Å². The van der Waals surface area contributed by atoms with Gasteiger partial charge in [0.05, 0.1) is 16.6 Å². The summed E-state index contributed by atoms with van der Waals surface area (Å²) in [4.78, 5) is 0. The molecule has 0 aromatic rings. The Labute approximate surface area is 97.2 Å². The molecule has 3 aliphatic rings. The second kappa shape index (κ2) is 2.66. The molecule has 0 bridgehead atoms. The largest absolute Gasteiger partial charge is 0.389 e. The molecule has 0 saturated heterocycles. The topological polar surface area (TPSA) is 54.4 Å². The maximum Gasteiger partial charge on any atom is 0.154 e. The minimum atomic E-state index is -2.94. The molecule has 0 aromatic heterocycles. The summed E-state index contributed by atoms with van der Waals surface area (Å²) in [6.45, 7) is 5.97. The molecule has 0 aromatic carbocycles. The molecule has 0 spiro atoms. The quantitative estimate of drug-likeness (QED) is 0.812. The van der Waals surface area contributed by atoms with Crippen LogP contribution < -0.4 is 0 Å². The van der Waals surface area contributed by atoms with Crippen molar-refractivity contribution < 1.29 is 13.5 Å². The van der Waals surface area contributed by atoms with Crippen molar-refractivity contribution in [3.05, 3.63) is 0 Å². The van der Waals surface area contributed by atoms with Gasteiger partial charge in [0, 0.05) is 0 Å². The van der Waals surface area contributed by atoms with E-state index < -0.39 is 15.4 Å². The SMILES string of the molecule is CCCS(=O)(=O)C1C2C(C)C3(O)CC1(C)C23. The summed E-state index contributed by atoms with van der Waals surface area (Å²) in [5.74, 6) is 0.990. The Bertz CT molecular complexity index is 443. The van der Waals surface area contributed by atoms with Crippen LogP contribution in [0.4, 0.5) is 0 Å². The highest BCUT2D eigenvalue weighted by atomic mass is 32.2. The van der Waals surface area contributed by atoms with E-state index in [1.807, 2.05) is 20.8 Å². The zero-order chi connectivity index (χ0) is 11.9. The van der Waals surface area contributed by atoms with E-state index in [2.05, 4.69) is 0 Å². The van der Waals surface area contributed by atoms with E-state index in [9.17, 15) is 13.5 Å². The van der Waals surface area contributed by atoms with Crippen LogP contribution in [0.5, 0.6) is 0 Å². The molecular weight excluding hydrogens is 224 g/mol. The Balaban J connectivity index is 1.91. The summed E-state index contributed by atoms with van der Waals surface area (Å²) >= 11 is 0. The van der Waals surface area contributed by atoms with Gasteiger partial charge in [-0.2, -0.15) is 0 Å². The minimum Gasteiger partial charge on any atom is -0.389 e. The van der Waals surface area contributed by atoms with Gasteiger partial charge in [0.15, 0.2) is 9.84 Å². The molecular formula is C12H20O3S. The molecule has 3 nitrogen and oxygen atoms in total. The number of aliphatic hydroxyl groups is 1. The van der Waals surface area contributed by atoms with Crippen molar-refractivity contribution in [1.82, 2.24) is 0 Å². The standard InChI is InChI=1S/C12H20O3S/c1-4-5-16(14,15)10-8-7(2)12(13)6-11(10,3)9(8)12/h7-10,13H,4-6H2,1-3H3. The zero-order valence-electron chi connectivity index (χ0n) is 10.1. The van der Waals surface area contributed by atoms with Crippen LogP contribution in [0.3, 0.4) is 0 Å². The highest BCUT2D eigenvalue weighted by Gasteiger charge is 2.87. The molecule has 92 valence electrons. The predicted octanol–water partition coefficient (Wildman–Crippen LogP) is 1.22. The molecule has 0 heterocycles. The molecule has 1 N–H and O–H groups in total. The maximum absolute atomic E-state index is 12.2. The molecule has 0 radical (unpaired) electrons. The summed E-state index contributed by atoms with van der Waals surface area (Å²) in [5.41, 5.74) is -0.627. The summed E-state index contributed by atoms with van der Waals surface area (Å²) in [7, 11) is -2.94. The van der Waals surface area contributed by atoms with Gasteiger partial charge in [0.25, 0.3) is 0 Å². The van der Waals surface area contributed by atoms with Gasteiger partial charge in [-0.15, -0.1) is 0 Å². The first-order valence-electron chi connectivity index (χ1n) is 6.23. The summed E-state index contributed by atoms with van der Waals surface area (Å²) in [5, 5.41) is 10.0. The minimum absolute atomic E-state index is 0.111. The molecule has 0 aliphatic heterocycles. The van der Waals surface area contributed by atoms with Crippen LogP contribution in [0, 0.1) is 23.2 Å². The van der Waals surface area contributed by atoms with Crippen LogP contribution in [-0.2, 0) is 9.84 Å². The Morgan fingerprint density at radius 1 is 1.44 bits per heavy atom. The average Bonchev–Trinajstić information content (AvgIpc) is 2.12. The lowest BCUT2D eigenvalue weighted by Crippen LogP contribution is -2.90. The van der Waals surface area contributed by atoms with E-state index in [1.54, 1.807) is 0 Å². The molecule has 3 fully saturated rings.